The second-order valence-corrected chi connectivity index (χ2v) is 7.43. The van der Waals surface area contributed by atoms with Crippen molar-refractivity contribution in [2.24, 2.45) is 0 Å². The highest BCUT2D eigenvalue weighted by Gasteiger charge is 2.30. The van der Waals surface area contributed by atoms with Crippen molar-refractivity contribution in [1.29, 1.82) is 0 Å². The monoisotopic (exact) mass is 457 g/mol. The minimum absolute atomic E-state index is 0.0598. The zero-order chi connectivity index (χ0) is 24.2. The molecule has 172 valence electrons. The summed E-state index contributed by atoms with van der Waals surface area (Å²) >= 11 is 0. The van der Waals surface area contributed by atoms with Gasteiger partial charge in [-0.3, -0.25) is 9.36 Å². The lowest BCUT2D eigenvalue weighted by atomic mass is 9.99. The van der Waals surface area contributed by atoms with E-state index in [9.17, 15) is 19.8 Å². The van der Waals surface area contributed by atoms with E-state index >= 15 is 0 Å². The van der Waals surface area contributed by atoms with Gasteiger partial charge in [-0.05, 0) is 55.0 Å². The minimum Gasteiger partial charge on any atom is -0.503 e. The first-order valence-corrected chi connectivity index (χ1v) is 10.6. The van der Waals surface area contributed by atoms with Gasteiger partial charge in [0.05, 0.1) is 36.2 Å². The van der Waals surface area contributed by atoms with Crippen molar-refractivity contribution in [2.45, 2.75) is 6.92 Å². The summed E-state index contributed by atoms with van der Waals surface area (Å²) in [6, 6.07) is 21.8. The topological polar surface area (TPSA) is 98.0 Å². The molecule has 0 saturated carbocycles. The number of methoxy groups -OCH3 is 1. The van der Waals surface area contributed by atoms with Crippen molar-refractivity contribution in [1.82, 2.24) is 4.57 Å². The summed E-state index contributed by atoms with van der Waals surface area (Å²) in [6.45, 7) is 1.93. The highest BCUT2D eigenvalue weighted by molar-refractivity contribution is 6.15. The Morgan fingerprint density at radius 1 is 0.882 bits per heavy atom. The van der Waals surface area contributed by atoms with Gasteiger partial charge in [-0.1, -0.05) is 36.4 Å². The van der Waals surface area contributed by atoms with E-state index in [1.807, 2.05) is 6.07 Å². The van der Waals surface area contributed by atoms with Crippen molar-refractivity contribution in [3.8, 4) is 34.3 Å². The van der Waals surface area contributed by atoms with Crippen LogP contribution >= 0.6 is 0 Å². The molecule has 0 amide bonds. The zero-order valence-electron chi connectivity index (χ0n) is 18.7. The Bertz CT molecular complexity index is 1340. The summed E-state index contributed by atoms with van der Waals surface area (Å²) in [5, 5.41) is 21.9. The number of carbonyl (C=O) groups is 2. The largest absolute Gasteiger partial charge is 0.503 e. The van der Waals surface area contributed by atoms with Crippen LogP contribution in [-0.2, 0) is 4.74 Å². The fourth-order valence-corrected chi connectivity index (χ4v) is 3.76. The molecule has 4 rings (SSSR count). The summed E-state index contributed by atoms with van der Waals surface area (Å²) in [7, 11) is 1.53. The molecule has 0 aliphatic heterocycles. The van der Waals surface area contributed by atoms with Gasteiger partial charge in [0.1, 0.15) is 5.75 Å². The van der Waals surface area contributed by atoms with Gasteiger partial charge in [-0.2, -0.15) is 0 Å². The number of rotatable bonds is 7. The van der Waals surface area contributed by atoms with Crippen molar-refractivity contribution < 1.29 is 29.3 Å². The lowest BCUT2D eigenvalue weighted by Crippen LogP contribution is -2.07. The molecule has 7 nitrogen and oxygen atoms in total. The zero-order valence-corrected chi connectivity index (χ0v) is 18.7. The number of aromatic hydroxyl groups is 2. The smallest absolute Gasteiger partial charge is 0.338 e. The molecule has 7 heteroatoms. The molecular formula is C27H23NO6. The Morgan fingerprint density at radius 2 is 1.59 bits per heavy atom. The highest BCUT2D eigenvalue weighted by atomic mass is 16.5. The van der Waals surface area contributed by atoms with Crippen LogP contribution in [0.1, 0.15) is 33.2 Å². The quantitative estimate of drug-likeness (QED) is 0.300. The average Bonchev–Trinajstić information content (AvgIpc) is 3.14. The fraction of sp³-hybridized carbons (Fsp3) is 0.111. The Balaban J connectivity index is 1.94. The number of nitrogens with zero attached hydrogens (tertiary/aromatic N) is 1. The van der Waals surface area contributed by atoms with E-state index in [1.54, 1.807) is 73.7 Å². The Kier molecular flexibility index (Phi) is 6.36. The second kappa shape index (κ2) is 9.54. The third kappa shape index (κ3) is 4.11. The van der Waals surface area contributed by atoms with Crippen molar-refractivity contribution in [2.75, 3.05) is 13.7 Å². The maximum atomic E-state index is 13.5. The van der Waals surface area contributed by atoms with Gasteiger partial charge in [0.15, 0.2) is 11.5 Å². The molecule has 4 aromatic rings. The van der Waals surface area contributed by atoms with Crippen LogP contribution in [0.5, 0.6) is 17.4 Å². The van der Waals surface area contributed by atoms with Crippen LogP contribution in [0, 0.1) is 0 Å². The van der Waals surface area contributed by atoms with Crippen LogP contribution in [0.15, 0.2) is 78.9 Å². The van der Waals surface area contributed by atoms with Crippen LogP contribution in [0.2, 0.25) is 0 Å². The summed E-state index contributed by atoms with van der Waals surface area (Å²) in [4.78, 5) is 25.8. The molecule has 0 atom stereocenters. The second-order valence-electron chi connectivity index (χ2n) is 7.43. The number of carbonyl (C=O) groups excluding carboxylic acids is 2. The van der Waals surface area contributed by atoms with Crippen LogP contribution < -0.4 is 4.74 Å². The Labute approximate surface area is 196 Å². The van der Waals surface area contributed by atoms with Crippen LogP contribution in [0.4, 0.5) is 0 Å². The van der Waals surface area contributed by atoms with Crippen LogP contribution in [0.3, 0.4) is 0 Å². The average molecular weight is 457 g/mol. The highest BCUT2D eigenvalue weighted by Crippen LogP contribution is 2.44. The first kappa shape index (κ1) is 22.7. The molecular weight excluding hydrogens is 434 g/mol. The lowest BCUT2D eigenvalue weighted by Gasteiger charge is -2.13. The van der Waals surface area contributed by atoms with Gasteiger partial charge in [0.2, 0.25) is 5.88 Å². The molecule has 2 N–H and O–H groups in total. The van der Waals surface area contributed by atoms with Gasteiger partial charge < -0.3 is 19.7 Å². The molecule has 1 heterocycles. The number of esters is 1. The minimum atomic E-state index is -0.554. The van der Waals surface area contributed by atoms with E-state index in [0.717, 1.165) is 0 Å². The molecule has 1 aromatic heterocycles. The first-order valence-electron chi connectivity index (χ1n) is 10.6. The van der Waals surface area contributed by atoms with E-state index in [2.05, 4.69) is 0 Å². The molecule has 0 aliphatic rings. The molecule has 3 aromatic carbocycles. The van der Waals surface area contributed by atoms with Crippen molar-refractivity contribution >= 4 is 11.8 Å². The number of ketones is 1. The Morgan fingerprint density at radius 3 is 2.24 bits per heavy atom. The maximum absolute atomic E-state index is 13.5. The predicted octanol–water partition coefficient (Wildman–Crippen LogP) is 4.97. The number of aromatic nitrogens is 1. The summed E-state index contributed by atoms with van der Waals surface area (Å²) in [6.07, 6.45) is 0. The van der Waals surface area contributed by atoms with E-state index in [-0.39, 0.29) is 23.4 Å². The molecule has 0 bridgehead atoms. The van der Waals surface area contributed by atoms with Gasteiger partial charge >= 0.3 is 5.97 Å². The predicted molar refractivity (Wildman–Crippen MR) is 127 cm³/mol. The van der Waals surface area contributed by atoms with Gasteiger partial charge in [-0.15, -0.1) is 0 Å². The standard InChI is InChI=1S/C27H23NO6/c1-3-34-27(32)19-10-7-11-20(16-19)28-23(17-8-5-4-6-9-17)22(25(30)26(28)31)24(29)18-12-14-21(33-2)15-13-18/h4-16,30-31H,3H2,1-2H3. The van der Waals surface area contributed by atoms with Gasteiger partial charge in [0.25, 0.3) is 0 Å². The van der Waals surface area contributed by atoms with E-state index in [0.29, 0.717) is 22.6 Å². The lowest BCUT2D eigenvalue weighted by molar-refractivity contribution is 0.0526. The summed E-state index contributed by atoms with van der Waals surface area (Å²) in [5.74, 6) is -1.48. The van der Waals surface area contributed by atoms with Gasteiger partial charge in [0, 0.05) is 5.56 Å². The van der Waals surface area contributed by atoms with Crippen LogP contribution in [-0.4, -0.2) is 40.2 Å². The van der Waals surface area contributed by atoms with E-state index < -0.39 is 23.4 Å². The van der Waals surface area contributed by atoms with Crippen molar-refractivity contribution in [3.05, 3.63) is 95.6 Å². The Hall–Kier alpha value is -4.52. The normalized spacial score (nSPS) is 10.6. The molecule has 34 heavy (non-hydrogen) atoms. The summed E-state index contributed by atoms with van der Waals surface area (Å²) < 4.78 is 11.6. The molecule has 0 radical (unpaired) electrons. The molecule has 0 spiro atoms. The first-order chi connectivity index (χ1) is 16.5. The number of ether oxygens (including phenoxy) is 2. The van der Waals surface area contributed by atoms with Gasteiger partial charge in [-0.25, -0.2) is 4.79 Å². The van der Waals surface area contributed by atoms with E-state index in [4.69, 9.17) is 9.47 Å². The SMILES string of the molecule is CCOC(=O)c1cccc(-n2c(O)c(O)c(C(=O)c3ccc(OC)cc3)c2-c2ccccc2)c1. The molecule has 0 saturated heterocycles. The molecule has 0 unspecified atom stereocenters. The molecule has 0 fully saturated rings. The number of benzene rings is 3. The maximum Gasteiger partial charge on any atom is 0.338 e. The van der Waals surface area contributed by atoms with Crippen LogP contribution in [0.25, 0.3) is 16.9 Å². The summed E-state index contributed by atoms with van der Waals surface area (Å²) in [5.41, 5.74) is 1.79. The van der Waals surface area contributed by atoms with E-state index in [1.165, 1.54) is 17.7 Å². The fourth-order valence-electron chi connectivity index (χ4n) is 3.76. The third-order valence-corrected chi connectivity index (χ3v) is 5.36. The third-order valence-electron chi connectivity index (χ3n) is 5.36. The number of hydrogen-bond donors (Lipinski definition) is 2. The molecule has 0 aliphatic carbocycles. The van der Waals surface area contributed by atoms with Crippen molar-refractivity contribution in [3.63, 3.8) is 0 Å². The number of hydrogen-bond acceptors (Lipinski definition) is 6.